The summed E-state index contributed by atoms with van der Waals surface area (Å²) >= 11 is 0. The lowest BCUT2D eigenvalue weighted by atomic mass is 9.85. The van der Waals surface area contributed by atoms with Gasteiger partial charge in [0, 0.05) is 19.1 Å². The fraction of sp³-hybridized carbons (Fsp3) is 0.600. The zero-order valence-electron chi connectivity index (χ0n) is 11.8. The van der Waals surface area contributed by atoms with E-state index in [4.69, 9.17) is 9.47 Å². The van der Waals surface area contributed by atoms with Gasteiger partial charge in [0.2, 0.25) is 0 Å². The molecule has 0 bridgehead atoms. The largest absolute Gasteiger partial charge is 0.485 e. The standard InChI is InChI=1S/C15H22FNO2/c1-4-7-18-15-12(17-3)9-14(15)19-13-8-10(2)5-6-11(13)16/h5-6,8,12,14-15,17H,4,7,9H2,1-3H3. The summed E-state index contributed by atoms with van der Waals surface area (Å²) in [6, 6.07) is 5.22. The Bertz CT molecular complexity index is 425. The molecule has 1 saturated carbocycles. The van der Waals surface area contributed by atoms with Crippen LogP contribution in [-0.4, -0.2) is 31.9 Å². The number of aryl methyl sites for hydroxylation is 1. The van der Waals surface area contributed by atoms with Crippen molar-refractivity contribution in [3.05, 3.63) is 29.6 Å². The van der Waals surface area contributed by atoms with E-state index >= 15 is 0 Å². The quantitative estimate of drug-likeness (QED) is 0.859. The first-order valence-corrected chi connectivity index (χ1v) is 6.87. The molecule has 4 heteroatoms. The summed E-state index contributed by atoms with van der Waals surface area (Å²) < 4.78 is 25.2. The predicted octanol–water partition coefficient (Wildman–Crippen LogP) is 2.67. The van der Waals surface area contributed by atoms with Gasteiger partial charge in [-0.3, -0.25) is 0 Å². The third-order valence-corrected chi connectivity index (χ3v) is 3.50. The van der Waals surface area contributed by atoms with E-state index in [-0.39, 0.29) is 18.0 Å². The summed E-state index contributed by atoms with van der Waals surface area (Å²) in [6.07, 6.45) is 1.75. The predicted molar refractivity (Wildman–Crippen MR) is 73.0 cm³/mol. The zero-order valence-corrected chi connectivity index (χ0v) is 11.8. The third kappa shape index (κ3) is 3.25. The second-order valence-corrected chi connectivity index (χ2v) is 5.06. The Kier molecular flexibility index (Phi) is 4.77. The molecule has 3 unspecified atom stereocenters. The van der Waals surface area contributed by atoms with Gasteiger partial charge in [0.25, 0.3) is 0 Å². The highest BCUT2D eigenvalue weighted by molar-refractivity contribution is 5.30. The average Bonchev–Trinajstić information content (AvgIpc) is 2.38. The molecule has 0 saturated heterocycles. The third-order valence-electron chi connectivity index (χ3n) is 3.50. The van der Waals surface area contributed by atoms with E-state index in [0.717, 1.165) is 18.4 Å². The monoisotopic (exact) mass is 267 g/mol. The van der Waals surface area contributed by atoms with Gasteiger partial charge in [0.05, 0.1) is 0 Å². The molecular weight excluding hydrogens is 245 g/mol. The molecule has 106 valence electrons. The molecule has 1 aromatic carbocycles. The lowest BCUT2D eigenvalue weighted by Crippen LogP contribution is -2.60. The Balaban J connectivity index is 2.00. The van der Waals surface area contributed by atoms with Gasteiger partial charge in [0.1, 0.15) is 12.2 Å². The van der Waals surface area contributed by atoms with Gasteiger partial charge in [0.15, 0.2) is 11.6 Å². The summed E-state index contributed by atoms with van der Waals surface area (Å²) in [4.78, 5) is 0. The SMILES string of the molecule is CCCOC1C(NC)CC1Oc1cc(C)ccc1F. The van der Waals surface area contributed by atoms with Gasteiger partial charge in [-0.05, 0) is 38.1 Å². The number of hydrogen-bond donors (Lipinski definition) is 1. The Morgan fingerprint density at radius 2 is 2.21 bits per heavy atom. The van der Waals surface area contributed by atoms with Crippen molar-refractivity contribution in [2.45, 2.75) is 44.9 Å². The van der Waals surface area contributed by atoms with Gasteiger partial charge in [-0.25, -0.2) is 4.39 Å². The molecule has 1 aliphatic rings. The van der Waals surface area contributed by atoms with E-state index in [1.807, 2.05) is 14.0 Å². The molecule has 1 fully saturated rings. The highest BCUT2D eigenvalue weighted by Crippen LogP contribution is 2.30. The number of ether oxygens (including phenoxy) is 2. The molecular formula is C15H22FNO2. The smallest absolute Gasteiger partial charge is 0.165 e. The number of halogens is 1. The molecule has 1 aliphatic carbocycles. The van der Waals surface area contributed by atoms with Gasteiger partial charge >= 0.3 is 0 Å². The van der Waals surface area contributed by atoms with Crippen LogP contribution in [0, 0.1) is 12.7 Å². The van der Waals surface area contributed by atoms with Gasteiger partial charge in [-0.2, -0.15) is 0 Å². The van der Waals surface area contributed by atoms with Crippen molar-refractivity contribution in [2.24, 2.45) is 0 Å². The van der Waals surface area contributed by atoms with Crippen molar-refractivity contribution < 1.29 is 13.9 Å². The summed E-state index contributed by atoms with van der Waals surface area (Å²) in [6.45, 7) is 4.71. The molecule has 2 rings (SSSR count). The van der Waals surface area contributed by atoms with Crippen molar-refractivity contribution in [2.75, 3.05) is 13.7 Å². The van der Waals surface area contributed by atoms with Crippen LogP contribution in [0.3, 0.4) is 0 Å². The van der Waals surface area contributed by atoms with Crippen LogP contribution in [0.15, 0.2) is 18.2 Å². The minimum Gasteiger partial charge on any atom is -0.485 e. The number of nitrogens with one attached hydrogen (secondary N) is 1. The summed E-state index contributed by atoms with van der Waals surface area (Å²) in [5, 5.41) is 3.20. The highest BCUT2D eigenvalue weighted by Gasteiger charge is 2.43. The molecule has 0 spiro atoms. The van der Waals surface area contributed by atoms with Crippen molar-refractivity contribution in [3.8, 4) is 5.75 Å². The first-order valence-electron chi connectivity index (χ1n) is 6.87. The topological polar surface area (TPSA) is 30.5 Å². The van der Waals surface area contributed by atoms with Crippen LogP contribution < -0.4 is 10.1 Å². The van der Waals surface area contributed by atoms with Crippen LogP contribution in [0.5, 0.6) is 5.75 Å². The molecule has 3 nitrogen and oxygen atoms in total. The van der Waals surface area contributed by atoms with E-state index in [2.05, 4.69) is 12.2 Å². The molecule has 3 atom stereocenters. The Hall–Kier alpha value is -1.13. The second kappa shape index (κ2) is 6.35. The van der Waals surface area contributed by atoms with Gasteiger partial charge < -0.3 is 14.8 Å². The van der Waals surface area contributed by atoms with E-state index < -0.39 is 0 Å². The Morgan fingerprint density at radius 3 is 2.89 bits per heavy atom. The first-order chi connectivity index (χ1) is 9.15. The van der Waals surface area contributed by atoms with Crippen molar-refractivity contribution in [1.82, 2.24) is 5.32 Å². The van der Waals surface area contributed by atoms with E-state index in [9.17, 15) is 4.39 Å². The van der Waals surface area contributed by atoms with E-state index in [0.29, 0.717) is 18.4 Å². The Morgan fingerprint density at radius 1 is 1.42 bits per heavy atom. The Labute approximate surface area is 114 Å². The second-order valence-electron chi connectivity index (χ2n) is 5.06. The molecule has 19 heavy (non-hydrogen) atoms. The molecule has 1 aromatic rings. The van der Waals surface area contributed by atoms with Crippen molar-refractivity contribution >= 4 is 0 Å². The average molecular weight is 267 g/mol. The lowest BCUT2D eigenvalue weighted by molar-refractivity contribution is -0.107. The van der Waals surface area contributed by atoms with Crippen molar-refractivity contribution in [1.29, 1.82) is 0 Å². The molecule has 0 radical (unpaired) electrons. The van der Waals surface area contributed by atoms with Crippen LogP contribution in [0.2, 0.25) is 0 Å². The van der Waals surface area contributed by atoms with Crippen LogP contribution in [-0.2, 0) is 4.74 Å². The summed E-state index contributed by atoms with van der Waals surface area (Å²) in [5.74, 6) is 0.0115. The lowest BCUT2D eigenvalue weighted by Gasteiger charge is -2.43. The number of hydrogen-bond acceptors (Lipinski definition) is 3. The normalized spacial score (nSPS) is 26.0. The molecule has 0 aliphatic heterocycles. The zero-order chi connectivity index (χ0) is 13.8. The van der Waals surface area contributed by atoms with Crippen molar-refractivity contribution in [3.63, 3.8) is 0 Å². The number of likely N-dealkylation sites (N-methyl/N-ethyl adjacent to an activating group) is 1. The molecule has 1 N–H and O–H groups in total. The van der Waals surface area contributed by atoms with Gasteiger partial charge in [-0.15, -0.1) is 0 Å². The minimum absolute atomic E-state index is 0.00450. The molecule has 0 amide bonds. The number of rotatable bonds is 6. The fourth-order valence-corrected chi connectivity index (χ4v) is 2.32. The maximum Gasteiger partial charge on any atom is 0.165 e. The number of benzene rings is 1. The van der Waals surface area contributed by atoms with Crippen LogP contribution in [0.4, 0.5) is 4.39 Å². The molecule has 0 heterocycles. The summed E-state index contributed by atoms with van der Waals surface area (Å²) in [5.41, 5.74) is 0.993. The first kappa shape index (κ1) is 14.3. The van der Waals surface area contributed by atoms with Crippen LogP contribution in [0.25, 0.3) is 0 Å². The van der Waals surface area contributed by atoms with E-state index in [1.165, 1.54) is 6.07 Å². The van der Waals surface area contributed by atoms with E-state index in [1.54, 1.807) is 12.1 Å². The molecule has 0 aromatic heterocycles. The minimum atomic E-state index is -0.312. The maximum atomic E-state index is 13.7. The highest BCUT2D eigenvalue weighted by atomic mass is 19.1. The maximum absolute atomic E-state index is 13.7. The van der Waals surface area contributed by atoms with Gasteiger partial charge in [-0.1, -0.05) is 13.0 Å². The van der Waals surface area contributed by atoms with Crippen LogP contribution in [0.1, 0.15) is 25.3 Å². The fourth-order valence-electron chi connectivity index (χ4n) is 2.32. The van der Waals surface area contributed by atoms with Crippen LogP contribution >= 0.6 is 0 Å². The summed E-state index contributed by atoms with van der Waals surface area (Å²) in [7, 11) is 1.91.